The second-order valence-corrected chi connectivity index (χ2v) is 3.16. The van der Waals surface area contributed by atoms with Crippen molar-refractivity contribution in [1.29, 1.82) is 0 Å². The Labute approximate surface area is 67.9 Å². The zero-order valence-electron chi connectivity index (χ0n) is 7.14. The second kappa shape index (κ2) is 4.50. The van der Waals surface area contributed by atoms with Gasteiger partial charge >= 0.3 is 0 Å². The summed E-state index contributed by atoms with van der Waals surface area (Å²) < 4.78 is 5.21. The minimum Gasteiger partial charge on any atom is -0.381 e. The molecule has 0 aromatic rings. The first-order chi connectivity index (χ1) is 5.33. The first-order valence-corrected chi connectivity index (χ1v) is 4.42. The van der Waals surface area contributed by atoms with E-state index in [-0.39, 0.29) is 0 Å². The van der Waals surface area contributed by atoms with Crippen molar-refractivity contribution in [2.75, 3.05) is 13.2 Å². The Morgan fingerprint density at radius 1 is 1.64 bits per heavy atom. The van der Waals surface area contributed by atoms with Crippen molar-refractivity contribution in [3.63, 3.8) is 0 Å². The smallest absolute Gasteiger partial charge is 0.132 e. The van der Waals surface area contributed by atoms with E-state index < -0.39 is 0 Å². The van der Waals surface area contributed by atoms with Crippen LogP contribution < -0.4 is 0 Å². The van der Waals surface area contributed by atoms with E-state index in [0.717, 1.165) is 32.5 Å². The van der Waals surface area contributed by atoms with Crippen LogP contribution in [-0.4, -0.2) is 19.0 Å². The number of carbonyl (C=O) groups is 1. The Balaban J connectivity index is 2.06. The van der Waals surface area contributed by atoms with Gasteiger partial charge in [0.25, 0.3) is 0 Å². The second-order valence-electron chi connectivity index (χ2n) is 3.16. The fraction of sp³-hybridized carbons (Fsp3) is 0.889. The van der Waals surface area contributed by atoms with Crippen molar-refractivity contribution < 1.29 is 9.53 Å². The third kappa shape index (κ3) is 3.02. The van der Waals surface area contributed by atoms with Gasteiger partial charge in [0.15, 0.2) is 0 Å². The van der Waals surface area contributed by atoms with Crippen LogP contribution in [0.3, 0.4) is 0 Å². The number of Topliss-reactive ketones (excluding diaryl/α,β-unsaturated/α-hetero) is 1. The maximum absolute atomic E-state index is 10.9. The predicted octanol–water partition coefficient (Wildman–Crippen LogP) is 1.78. The lowest BCUT2D eigenvalue weighted by Crippen LogP contribution is -2.03. The molecule has 1 saturated heterocycles. The van der Waals surface area contributed by atoms with Gasteiger partial charge in [-0.1, -0.05) is 6.92 Å². The summed E-state index contributed by atoms with van der Waals surface area (Å²) in [5.41, 5.74) is 0. The third-order valence-electron chi connectivity index (χ3n) is 2.25. The molecule has 0 amide bonds. The largest absolute Gasteiger partial charge is 0.381 e. The molecule has 0 bridgehead atoms. The zero-order chi connectivity index (χ0) is 8.10. The Morgan fingerprint density at radius 3 is 3.00 bits per heavy atom. The predicted molar refractivity (Wildman–Crippen MR) is 43.5 cm³/mol. The molecule has 2 heteroatoms. The zero-order valence-corrected chi connectivity index (χ0v) is 7.14. The molecule has 0 aliphatic carbocycles. The van der Waals surface area contributed by atoms with Crippen LogP contribution in [0.1, 0.15) is 32.6 Å². The molecule has 0 radical (unpaired) electrons. The van der Waals surface area contributed by atoms with E-state index in [1.807, 2.05) is 6.92 Å². The summed E-state index contributed by atoms with van der Waals surface area (Å²) in [5.74, 6) is 1.04. The van der Waals surface area contributed by atoms with E-state index in [4.69, 9.17) is 4.74 Å². The lowest BCUT2D eigenvalue weighted by molar-refractivity contribution is -0.119. The van der Waals surface area contributed by atoms with Crippen LogP contribution in [-0.2, 0) is 9.53 Å². The molecular weight excluding hydrogens is 140 g/mol. The molecule has 1 heterocycles. The van der Waals surface area contributed by atoms with E-state index in [9.17, 15) is 4.79 Å². The summed E-state index contributed by atoms with van der Waals surface area (Å²) in [6.07, 6.45) is 3.63. The SMILES string of the molecule is CCC(=O)CCC1CCOC1. The summed E-state index contributed by atoms with van der Waals surface area (Å²) in [5, 5.41) is 0. The summed E-state index contributed by atoms with van der Waals surface area (Å²) >= 11 is 0. The van der Waals surface area contributed by atoms with Crippen molar-refractivity contribution in [2.45, 2.75) is 32.6 Å². The van der Waals surface area contributed by atoms with Crippen LogP contribution >= 0.6 is 0 Å². The topological polar surface area (TPSA) is 26.3 Å². The third-order valence-corrected chi connectivity index (χ3v) is 2.25. The molecule has 1 fully saturated rings. The van der Waals surface area contributed by atoms with Gasteiger partial charge in [-0.25, -0.2) is 0 Å². The highest BCUT2D eigenvalue weighted by Crippen LogP contribution is 2.18. The monoisotopic (exact) mass is 156 g/mol. The van der Waals surface area contributed by atoms with Gasteiger partial charge in [0, 0.05) is 26.1 Å². The van der Waals surface area contributed by atoms with Gasteiger partial charge in [-0.15, -0.1) is 0 Å². The highest BCUT2D eigenvalue weighted by atomic mass is 16.5. The lowest BCUT2D eigenvalue weighted by Gasteiger charge is -2.04. The summed E-state index contributed by atoms with van der Waals surface area (Å²) in [7, 11) is 0. The van der Waals surface area contributed by atoms with E-state index in [2.05, 4.69) is 0 Å². The number of carbonyl (C=O) groups excluding carboxylic acids is 1. The van der Waals surface area contributed by atoms with Gasteiger partial charge in [-0.3, -0.25) is 4.79 Å². The molecule has 1 aliphatic heterocycles. The van der Waals surface area contributed by atoms with Crippen LogP contribution in [0.5, 0.6) is 0 Å². The molecule has 2 nitrogen and oxygen atoms in total. The van der Waals surface area contributed by atoms with E-state index in [1.165, 1.54) is 0 Å². The quantitative estimate of drug-likeness (QED) is 0.620. The normalized spacial score (nSPS) is 23.9. The fourth-order valence-electron chi connectivity index (χ4n) is 1.35. The van der Waals surface area contributed by atoms with Crippen molar-refractivity contribution in [1.82, 2.24) is 0 Å². The first-order valence-electron chi connectivity index (χ1n) is 4.42. The van der Waals surface area contributed by atoms with Crippen LogP contribution in [0.15, 0.2) is 0 Å². The highest BCUT2D eigenvalue weighted by molar-refractivity contribution is 5.77. The van der Waals surface area contributed by atoms with Crippen LogP contribution in [0.25, 0.3) is 0 Å². The number of rotatable bonds is 4. The molecule has 0 N–H and O–H groups in total. The van der Waals surface area contributed by atoms with Gasteiger partial charge in [-0.2, -0.15) is 0 Å². The fourth-order valence-corrected chi connectivity index (χ4v) is 1.35. The summed E-state index contributed by atoms with van der Waals surface area (Å²) in [6.45, 7) is 3.69. The standard InChI is InChI=1S/C9H16O2/c1-2-9(10)4-3-8-5-6-11-7-8/h8H,2-7H2,1H3. The van der Waals surface area contributed by atoms with Crippen LogP contribution in [0.2, 0.25) is 0 Å². The minimum absolute atomic E-state index is 0.386. The van der Waals surface area contributed by atoms with Crippen LogP contribution in [0, 0.1) is 5.92 Å². The van der Waals surface area contributed by atoms with E-state index >= 15 is 0 Å². The van der Waals surface area contributed by atoms with E-state index in [0.29, 0.717) is 18.1 Å². The molecule has 64 valence electrons. The molecule has 0 saturated carbocycles. The van der Waals surface area contributed by atoms with Crippen LogP contribution in [0.4, 0.5) is 0 Å². The molecule has 1 unspecified atom stereocenters. The maximum atomic E-state index is 10.9. The van der Waals surface area contributed by atoms with Gasteiger partial charge in [0.2, 0.25) is 0 Å². The highest BCUT2D eigenvalue weighted by Gasteiger charge is 2.15. The lowest BCUT2D eigenvalue weighted by atomic mass is 10.0. The molecule has 0 spiro atoms. The molecule has 11 heavy (non-hydrogen) atoms. The first kappa shape index (κ1) is 8.72. The molecule has 1 atom stereocenters. The number of ketones is 1. The number of hydrogen-bond acceptors (Lipinski definition) is 2. The van der Waals surface area contributed by atoms with Gasteiger partial charge in [-0.05, 0) is 18.8 Å². The van der Waals surface area contributed by atoms with Gasteiger partial charge < -0.3 is 4.74 Å². The molecule has 1 rings (SSSR count). The summed E-state index contributed by atoms with van der Waals surface area (Å²) in [4.78, 5) is 10.9. The van der Waals surface area contributed by atoms with E-state index in [1.54, 1.807) is 0 Å². The Kier molecular flexibility index (Phi) is 3.57. The van der Waals surface area contributed by atoms with Crippen molar-refractivity contribution in [3.05, 3.63) is 0 Å². The van der Waals surface area contributed by atoms with Crippen molar-refractivity contribution >= 4 is 5.78 Å². The Morgan fingerprint density at radius 2 is 2.45 bits per heavy atom. The molecule has 0 aromatic heterocycles. The molecule has 0 aromatic carbocycles. The average Bonchev–Trinajstić information content (AvgIpc) is 2.52. The number of hydrogen-bond donors (Lipinski definition) is 0. The molecule has 1 aliphatic rings. The summed E-state index contributed by atoms with van der Waals surface area (Å²) in [6, 6.07) is 0. The van der Waals surface area contributed by atoms with Gasteiger partial charge in [0.1, 0.15) is 5.78 Å². The Bertz CT molecular complexity index is 126. The number of ether oxygens (including phenoxy) is 1. The molecular formula is C9H16O2. The maximum Gasteiger partial charge on any atom is 0.132 e. The Hall–Kier alpha value is -0.370. The average molecular weight is 156 g/mol. The van der Waals surface area contributed by atoms with Crippen molar-refractivity contribution in [3.8, 4) is 0 Å². The van der Waals surface area contributed by atoms with Crippen molar-refractivity contribution in [2.24, 2.45) is 5.92 Å². The van der Waals surface area contributed by atoms with Gasteiger partial charge in [0.05, 0.1) is 0 Å². The minimum atomic E-state index is 0.386.